The van der Waals surface area contributed by atoms with E-state index in [1.165, 1.54) is 0 Å². The van der Waals surface area contributed by atoms with Gasteiger partial charge in [-0.15, -0.1) is 0 Å². The third-order valence-corrected chi connectivity index (χ3v) is 0.684. The van der Waals surface area contributed by atoms with Crippen molar-refractivity contribution in [3.05, 3.63) is 24.5 Å². The second kappa shape index (κ2) is 5.55. The summed E-state index contributed by atoms with van der Waals surface area (Å²) in [4.78, 5) is 12.1. The molecule has 3 N–H and O–H groups in total. The Hall–Kier alpha value is -1.58. The number of carboxylic acid groups (broad SMARTS) is 1. The number of carbonyl (C=O) groups is 1. The number of aromatic nitrogens is 1. The Kier molecular flexibility index (Phi) is 4.68. The SMILES string of the molecule is Nc1cccnc1.O=CO. The number of anilines is 1. The lowest BCUT2D eigenvalue weighted by Crippen LogP contribution is -1.82. The molecule has 1 heterocycles. The van der Waals surface area contributed by atoms with Crippen molar-refractivity contribution >= 4 is 12.2 Å². The Bertz CT molecular complexity index is 176. The number of pyridine rings is 1. The van der Waals surface area contributed by atoms with Crippen LogP contribution in [-0.2, 0) is 4.79 Å². The number of rotatable bonds is 0. The molecule has 0 radical (unpaired) electrons. The van der Waals surface area contributed by atoms with E-state index in [4.69, 9.17) is 15.6 Å². The first kappa shape index (κ1) is 8.42. The van der Waals surface area contributed by atoms with E-state index >= 15 is 0 Å². The summed E-state index contributed by atoms with van der Waals surface area (Å²) in [6.07, 6.45) is 3.30. The van der Waals surface area contributed by atoms with Crippen molar-refractivity contribution in [3.8, 4) is 0 Å². The molecule has 0 aliphatic heterocycles. The maximum Gasteiger partial charge on any atom is 0.290 e. The van der Waals surface area contributed by atoms with Gasteiger partial charge in [-0.2, -0.15) is 0 Å². The Morgan fingerprint density at radius 1 is 1.70 bits per heavy atom. The van der Waals surface area contributed by atoms with Crippen LogP contribution < -0.4 is 5.73 Å². The van der Waals surface area contributed by atoms with Gasteiger partial charge in [0.15, 0.2) is 0 Å². The zero-order valence-corrected chi connectivity index (χ0v) is 5.27. The molecule has 0 aromatic carbocycles. The van der Waals surface area contributed by atoms with Gasteiger partial charge in [-0.05, 0) is 12.1 Å². The van der Waals surface area contributed by atoms with Crippen molar-refractivity contribution in [3.63, 3.8) is 0 Å². The van der Waals surface area contributed by atoms with E-state index in [1.54, 1.807) is 24.5 Å². The third-order valence-electron chi connectivity index (χ3n) is 0.684. The Balaban J connectivity index is 0.000000236. The topological polar surface area (TPSA) is 76.2 Å². The molecule has 1 rings (SSSR count). The van der Waals surface area contributed by atoms with E-state index in [0.717, 1.165) is 0 Å². The van der Waals surface area contributed by atoms with Crippen molar-refractivity contribution in [2.45, 2.75) is 0 Å². The van der Waals surface area contributed by atoms with E-state index in [2.05, 4.69) is 4.98 Å². The van der Waals surface area contributed by atoms with Crippen LogP contribution in [0.4, 0.5) is 5.69 Å². The van der Waals surface area contributed by atoms with Crippen molar-refractivity contribution in [2.24, 2.45) is 0 Å². The van der Waals surface area contributed by atoms with Crippen molar-refractivity contribution < 1.29 is 9.90 Å². The molecule has 1 aromatic heterocycles. The zero-order valence-electron chi connectivity index (χ0n) is 5.27. The Labute approximate surface area is 58.3 Å². The average molecular weight is 140 g/mol. The average Bonchev–Trinajstić information content (AvgIpc) is 1.91. The molecule has 0 saturated heterocycles. The number of nitrogens with two attached hydrogens (primary N) is 1. The molecule has 0 bridgehead atoms. The van der Waals surface area contributed by atoms with Crippen LogP contribution in [0, 0.1) is 0 Å². The van der Waals surface area contributed by atoms with Crippen LogP contribution in [0.2, 0.25) is 0 Å². The van der Waals surface area contributed by atoms with Crippen LogP contribution in [-0.4, -0.2) is 16.6 Å². The highest BCUT2D eigenvalue weighted by molar-refractivity contribution is 5.32. The number of nitrogens with zero attached hydrogens (tertiary/aromatic N) is 1. The zero-order chi connectivity index (χ0) is 7.82. The van der Waals surface area contributed by atoms with E-state index in [1.807, 2.05) is 0 Å². The van der Waals surface area contributed by atoms with Gasteiger partial charge in [-0.25, -0.2) is 0 Å². The normalized spacial score (nSPS) is 7.20. The van der Waals surface area contributed by atoms with Crippen molar-refractivity contribution in [1.82, 2.24) is 4.98 Å². The summed E-state index contributed by atoms with van der Waals surface area (Å²) < 4.78 is 0. The highest BCUT2D eigenvalue weighted by Gasteiger charge is 1.73. The molecular formula is C6H8N2O2. The quantitative estimate of drug-likeness (QED) is 0.510. The maximum absolute atomic E-state index is 8.36. The molecule has 0 atom stereocenters. The fourth-order valence-corrected chi connectivity index (χ4v) is 0.376. The Morgan fingerprint density at radius 3 is 2.50 bits per heavy atom. The fourth-order valence-electron chi connectivity index (χ4n) is 0.376. The number of nitrogen functional groups attached to an aromatic ring is 1. The van der Waals surface area contributed by atoms with E-state index in [0.29, 0.717) is 5.69 Å². The minimum atomic E-state index is -0.250. The first-order chi connectivity index (χ1) is 4.81. The van der Waals surface area contributed by atoms with E-state index in [9.17, 15) is 0 Å². The summed E-state index contributed by atoms with van der Waals surface area (Å²) in [5.41, 5.74) is 6.01. The predicted molar refractivity (Wildman–Crippen MR) is 37.3 cm³/mol. The van der Waals surface area contributed by atoms with Crippen LogP contribution in [0.1, 0.15) is 0 Å². The molecule has 0 aliphatic carbocycles. The standard InChI is InChI=1S/C5H6N2.CH2O2/c6-5-2-1-3-7-4-5;2-1-3/h1-4H,6H2;1H,(H,2,3). The molecule has 0 spiro atoms. The van der Waals surface area contributed by atoms with Gasteiger partial charge in [0.05, 0.1) is 5.69 Å². The number of hydrogen-bond donors (Lipinski definition) is 2. The molecule has 10 heavy (non-hydrogen) atoms. The lowest BCUT2D eigenvalue weighted by molar-refractivity contribution is -0.122. The highest BCUT2D eigenvalue weighted by atomic mass is 16.3. The summed E-state index contributed by atoms with van der Waals surface area (Å²) >= 11 is 0. The summed E-state index contributed by atoms with van der Waals surface area (Å²) in [5.74, 6) is 0. The van der Waals surface area contributed by atoms with Crippen LogP contribution in [0.25, 0.3) is 0 Å². The fraction of sp³-hybridized carbons (Fsp3) is 0. The van der Waals surface area contributed by atoms with Crippen LogP contribution >= 0.6 is 0 Å². The molecule has 0 amide bonds. The molecular weight excluding hydrogens is 132 g/mol. The second-order valence-electron chi connectivity index (χ2n) is 1.39. The van der Waals surface area contributed by atoms with Gasteiger partial charge in [0.2, 0.25) is 0 Å². The van der Waals surface area contributed by atoms with Gasteiger partial charge in [-0.3, -0.25) is 9.78 Å². The Morgan fingerprint density at radius 2 is 2.30 bits per heavy atom. The van der Waals surface area contributed by atoms with Gasteiger partial charge in [-0.1, -0.05) is 0 Å². The van der Waals surface area contributed by atoms with Crippen LogP contribution in [0.5, 0.6) is 0 Å². The summed E-state index contributed by atoms with van der Waals surface area (Å²) in [6, 6.07) is 3.60. The van der Waals surface area contributed by atoms with Gasteiger partial charge < -0.3 is 10.8 Å². The lowest BCUT2D eigenvalue weighted by Gasteiger charge is -1.83. The smallest absolute Gasteiger partial charge is 0.290 e. The third kappa shape index (κ3) is 4.58. The molecule has 0 aliphatic rings. The van der Waals surface area contributed by atoms with Crippen LogP contribution in [0.3, 0.4) is 0 Å². The minimum Gasteiger partial charge on any atom is -0.483 e. The van der Waals surface area contributed by atoms with Gasteiger partial charge in [0.25, 0.3) is 6.47 Å². The first-order valence-electron chi connectivity index (χ1n) is 2.54. The molecule has 1 aromatic rings. The second-order valence-corrected chi connectivity index (χ2v) is 1.39. The molecule has 54 valence electrons. The van der Waals surface area contributed by atoms with Crippen molar-refractivity contribution in [2.75, 3.05) is 5.73 Å². The van der Waals surface area contributed by atoms with Gasteiger partial charge in [0.1, 0.15) is 0 Å². The molecule has 4 nitrogen and oxygen atoms in total. The summed E-state index contributed by atoms with van der Waals surface area (Å²) in [6.45, 7) is -0.250. The molecule has 0 unspecified atom stereocenters. The maximum atomic E-state index is 8.36. The minimum absolute atomic E-state index is 0.250. The van der Waals surface area contributed by atoms with Crippen molar-refractivity contribution in [1.29, 1.82) is 0 Å². The monoisotopic (exact) mass is 140 g/mol. The van der Waals surface area contributed by atoms with Gasteiger partial charge in [0, 0.05) is 12.4 Å². The lowest BCUT2D eigenvalue weighted by atomic mass is 10.4. The predicted octanol–water partition coefficient (Wildman–Crippen LogP) is 0.365. The van der Waals surface area contributed by atoms with E-state index in [-0.39, 0.29) is 6.47 Å². The largest absolute Gasteiger partial charge is 0.483 e. The molecule has 0 saturated carbocycles. The first-order valence-corrected chi connectivity index (χ1v) is 2.54. The van der Waals surface area contributed by atoms with Crippen LogP contribution in [0.15, 0.2) is 24.5 Å². The molecule has 4 heteroatoms. The highest BCUT2D eigenvalue weighted by Crippen LogP contribution is 1.92. The molecule has 0 fully saturated rings. The summed E-state index contributed by atoms with van der Waals surface area (Å²) in [7, 11) is 0. The number of hydrogen-bond acceptors (Lipinski definition) is 3. The van der Waals surface area contributed by atoms with E-state index < -0.39 is 0 Å². The summed E-state index contributed by atoms with van der Waals surface area (Å²) in [5, 5.41) is 6.89. The van der Waals surface area contributed by atoms with Gasteiger partial charge >= 0.3 is 0 Å².